The molecule has 20 heavy (non-hydrogen) atoms. The molecule has 1 saturated heterocycles. The normalized spacial score (nSPS) is 18.2. The van der Waals surface area contributed by atoms with E-state index in [1.165, 1.54) is 54.4 Å². The van der Waals surface area contributed by atoms with Crippen molar-refractivity contribution in [2.24, 2.45) is 0 Å². The third kappa shape index (κ3) is 4.27. The topological polar surface area (TPSA) is 28.2 Å². The van der Waals surface area contributed by atoms with E-state index >= 15 is 0 Å². The molecule has 1 aromatic heterocycles. The lowest BCUT2D eigenvalue weighted by Gasteiger charge is -2.18. The van der Waals surface area contributed by atoms with Crippen LogP contribution >= 0.6 is 11.3 Å². The molecule has 1 N–H and O–H groups in total. The summed E-state index contributed by atoms with van der Waals surface area (Å²) in [6.07, 6.45) is 5.49. The van der Waals surface area contributed by atoms with Crippen LogP contribution in [0.25, 0.3) is 0 Å². The zero-order chi connectivity index (χ0) is 14.6. The Bertz CT molecular complexity index is 412. The molecule has 0 radical (unpaired) electrons. The van der Waals surface area contributed by atoms with Crippen molar-refractivity contribution in [3.05, 3.63) is 15.6 Å². The van der Waals surface area contributed by atoms with Gasteiger partial charge in [0.2, 0.25) is 0 Å². The van der Waals surface area contributed by atoms with Gasteiger partial charge in [0, 0.05) is 16.8 Å². The van der Waals surface area contributed by atoms with Gasteiger partial charge in [-0.2, -0.15) is 0 Å². The van der Waals surface area contributed by atoms with Gasteiger partial charge < -0.3 is 5.32 Å². The molecule has 4 heteroatoms. The highest BCUT2D eigenvalue weighted by atomic mass is 32.1. The SMILES string of the molecule is CNCc1sc(CN2CCCCCC2)nc1C(C)(C)C. The Hall–Kier alpha value is -0.450. The van der Waals surface area contributed by atoms with Gasteiger partial charge in [-0.1, -0.05) is 33.6 Å². The van der Waals surface area contributed by atoms with E-state index < -0.39 is 0 Å². The molecule has 3 nitrogen and oxygen atoms in total. The second-order valence-electron chi connectivity index (χ2n) is 6.85. The molecular weight excluding hydrogens is 266 g/mol. The van der Waals surface area contributed by atoms with E-state index in [1.807, 2.05) is 18.4 Å². The van der Waals surface area contributed by atoms with Gasteiger partial charge in [-0.05, 0) is 33.0 Å². The summed E-state index contributed by atoms with van der Waals surface area (Å²) in [5.41, 5.74) is 1.42. The van der Waals surface area contributed by atoms with Crippen molar-refractivity contribution in [3.8, 4) is 0 Å². The summed E-state index contributed by atoms with van der Waals surface area (Å²) in [5, 5.41) is 4.57. The monoisotopic (exact) mass is 295 g/mol. The predicted octanol–water partition coefficient (Wildman–Crippen LogP) is 3.54. The van der Waals surface area contributed by atoms with Crippen molar-refractivity contribution in [1.29, 1.82) is 0 Å². The fraction of sp³-hybridized carbons (Fsp3) is 0.812. The Morgan fingerprint density at radius 1 is 1.15 bits per heavy atom. The molecule has 0 bridgehead atoms. The lowest BCUT2D eigenvalue weighted by atomic mass is 9.91. The second kappa shape index (κ2) is 7.01. The molecule has 1 aromatic rings. The Morgan fingerprint density at radius 2 is 1.80 bits per heavy atom. The smallest absolute Gasteiger partial charge is 0.107 e. The molecule has 1 aliphatic heterocycles. The van der Waals surface area contributed by atoms with Crippen LogP contribution in [0, 0.1) is 0 Å². The Morgan fingerprint density at radius 3 is 2.35 bits per heavy atom. The van der Waals surface area contributed by atoms with Crippen molar-refractivity contribution in [2.75, 3.05) is 20.1 Å². The van der Waals surface area contributed by atoms with Gasteiger partial charge in [0.15, 0.2) is 0 Å². The zero-order valence-electron chi connectivity index (χ0n) is 13.5. The van der Waals surface area contributed by atoms with Crippen LogP contribution in [0.1, 0.15) is 62.0 Å². The van der Waals surface area contributed by atoms with Crippen molar-refractivity contribution in [1.82, 2.24) is 15.2 Å². The van der Waals surface area contributed by atoms with Crippen LogP contribution in [0.15, 0.2) is 0 Å². The van der Waals surface area contributed by atoms with Gasteiger partial charge in [-0.3, -0.25) is 4.90 Å². The maximum atomic E-state index is 4.96. The largest absolute Gasteiger partial charge is 0.315 e. The van der Waals surface area contributed by atoms with Gasteiger partial charge in [0.05, 0.1) is 12.2 Å². The fourth-order valence-electron chi connectivity index (χ4n) is 2.82. The number of hydrogen-bond acceptors (Lipinski definition) is 4. The molecule has 1 fully saturated rings. The summed E-state index contributed by atoms with van der Waals surface area (Å²) in [6, 6.07) is 0. The summed E-state index contributed by atoms with van der Waals surface area (Å²) in [5.74, 6) is 0. The molecular formula is C16H29N3S. The minimum atomic E-state index is 0.139. The summed E-state index contributed by atoms with van der Waals surface area (Å²) >= 11 is 1.90. The summed E-state index contributed by atoms with van der Waals surface area (Å²) in [7, 11) is 2.01. The van der Waals surface area contributed by atoms with Gasteiger partial charge in [0.1, 0.15) is 5.01 Å². The third-order valence-corrected chi connectivity index (χ3v) is 4.89. The van der Waals surface area contributed by atoms with Gasteiger partial charge in [-0.15, -0.1) is 11.3 Å². The van der Waals surface area contributed by atoms with E-state index in [0.717, 1.165) is 13.1 Å². The molecule has 2 heterocycles. The molecule has 0 unspecified atom stereocenters. The highest BCUT2D eigenvalue weighted by Crippen LogP contribution is 2.30. The standard InChI is InChI=1S/C16H29N3S/c1-16(2,3)15-13(11-17-4)20-14(18-15)12-19-9-7-5-6-8-10-19/h17H,5-12H2,1-4H3. The molecule has 114 valence electrons. The lowest BCUT2D eigenvalue weighted by Crippen LogP contribution is -2.24. The molecule has 2 rings (SSSR count). The van der Waals surface area contributed by atoms with Crippen molar-refractivity contribution >= 4 is 11.3 Å². The number of nitrogens with zero attached hydrogens (tertiary/aromatic N) is 2. The first-order valence-electron chi connectivity index (χ1n) is 7.86. The van der Waals surface area contributed by atoms with Gasteiger partial charge in [0.25, 0.3) is 0 Å². The van der Waals surface area contributed by atoms with E-state index in [9.17, 15) is 0 Å². The second-order valence-corrected chi connectivity index (χ2v) is 8.02. The van der Waals surface area contributed by atoms with Crippen LogP contribution in [0.4, 0.5) is 0 Å². The summed E-state index contributed by atoms with van der Waals surface area (Å²) < 4.78 is 0. The zero-order valence-corrected chi connectivity index (χ0v) is 14.3. The van der Waals surface area contributed by atoms with Crippen LogP contribution in [-0.4, -0.2) is 30.0 Å². The fourth-order valence-corrected chi connectivity index (χ4v) is 4.15. The quantitative estimate of drug-likeness (QED) is 0.921. The van der Waals surface area contributed by atoms with Crippen LogP contribution in [0.5, 0.6) is 0 Å². The Labute approximate surface area is 127 Å². The average molecular weight is 295 g/mol. The van der Waals surface area contributed by atoms with E-state index in [-0.39, 0.29) is 5.41 Å². The number of thiazole rings is 1. The number of hydrogen-bond donors (Lipinski definition) is 1. The van der Waals surface area contributed by atoms with E-state index in [2.05, 4.69) is 31.0 Å². The van der Waals surface area contributed by atoms with E-state index in [0.29, 0.717) is 0 Å². The minimum Gasteiger partial charge on any atom is -0.315 e. The number of nitrogens with one attached hydrogen (secondary N) is 1. The number of aromatic nitrogens is 1. The summed E-state index contributed by atoms with van der Waals surface area (Å²) in [6.45, 7) is 11.2. The van der Waals surface area contributed by atoms with Gasteiger partial charge >= 0.3 is 0 Å². The average Bonchev–Trinajstić information content (AvgIpc) is 2.59. The lowest BCUT2D eigenvalue weighted by molar-refractivity contribution is 0.276. The van der Waals surface area contributed by atoms with Crippen LogP contribution in [-0.2, 0) is 18.5 Å². The number of rotatable bonds is 4. The maximum absolute atomic E-state index is 4.96. The molecule has 0 spiro atoms. The van der Waals surface area contributed by atoms with Crippen LogP contribution in [0.3, 0.4) is 0 Å². The summed E-state index contributed by atoms with van der Waals surface area (Å²) in [4.78, 5) is 8.95. The van der Waals surface area contributed by atoms with Crippen molar-refractivity contribution in [2.45, 2.75) is 65.0 Å². The predicted molar refractivity (Wildman–Crippen MR) is 87.3 cm³/mol. The first kappa shape index (κ1) is 15.9. The molecule has 0 atom stereocenters. The molecule has 0 aliphatic carbocycles. The first-order chi connectivity index (χ1) is 9.50. The van der Waals surface area contributed by atoms with Gasteiger partial charge in [-0.25, -0.2) is 4.98 Å². The van der Waals surface area contributed by atoms with Crippen LogP contribution in [0.2, 0.25) is 0 Å². The Balaban J connectivity index is 2.11. The highest BCUT2D eigenvalue weighted by Gasteiger charge is 2.23. The molecule has 0 aromatic carbocycles. The van der Waals surface area contributed by atoms with Crippen molar-refractivity contribution in [3.63, 3.8) is 0 Å². The van der Waals surface area contributed by atoms with Crippen LogP contribution < -0.4 is 5.32 Å². The van der Waals surface area contributed by atoms with E-state index in [4.69, 9.17) is 4.98 Å². The molecule has 0 amide bonds. The highest BCUT2D eigenvalue weighted by molar-refractivity contribution is 7.11. The number of likely N-dealkylation sites (tertiary alicyclic amines) is 1. The first-order valence-corrected chi connectivity index (χ1v) is 8.68. The Kier molecular flexibility index (Phi) is 5.58. The maximum Gasteiger partial charge on any atom is 0.107 e. The van der Waals surface area contributed by atoms with Crippen molar-refractivity contribution < 1.29 is 0 Å². The molecule has 0 saturated carbocycles. The third-order valence-electron chi connectivity index (χ3n) is 3.85. The van der Waals surface area contributed by atoms with E-state index in [1.54, 1.807) is 0 Å². The molecule has 1 aliphatic rings. The minimum absolute atomic E-state index is 0.139.